The summed E-state index contributed by atoms with van der Waals surface area (Å²) >= 11 is 0. The quantitative estimate of drug-likeness (QED) is 0.456. The Kier molecular flexibility index (Phi) is 9.51. The molecule has 0 aromatic carbocycles. The first kappa shape index (κ1) is 22.9. The van der Waals surface area contributed by atoms with Crippen molar-refractivity contribution in [1.82, 2.24) is 0 Å². The van der Waals surface area contributed by atoms with Crippen LogP contribution in [-0.4, -0.2) is 23.1 Å². The maximum Gasteiger partial charge on any atom is 0.346 e. The number of unbranched alkanes of at least 4 members (excludes halogenated alkanes) is 1. The fourth-order valence-electron chi connectivity index (χ4n) is 1.98. The lowest BCUT2D eigenvalue weighted by Gasteiger charge is -2.25. The molecule has 0 fully saturated rings. The monoisotopic (exact) mass is 346 g/mol. The topological polar surface area (TPSA) is 71.1 Å². The third kappa shape index (κ3) is 9.88. The van der Waals surface area contributed by atoms with Crippen LogP contribution < -0.4 is 0 Å². The second kappa shape index (κ2) is 9.99. The molecular formula is C18H34O6. The smallest absolute Gasteiger partial charge is 0.297 e. The number of rotatable bonds is 9. The van der Waals surface area contributed by atoms with Gasteiger partial charge in [-0.3, -0.25) is 9.78 Å². The van der Waals surface area contributed by atoms with Gasteiger partial charge in [-0.05, 0) is 54.4 Å². The van der Waals surface area contributed by atoms with Crippen molar-refractivity contribution in [3.63, 3.8) is 0 Å². The van der Waals surface area contributed by atoms with Gasteiger partial charge in [0, 0.05) is 0 Å². The Bertz CT molecular complexity index is 391. The second-order valence-electron chi connectivity index (χ2n) is 7.96. The lowest BCUT2D eigenvalue weighted by atomic mass is 9.86. The third-order valence-corrected chi connectivity index (χ3v) is 3.15. The molecule has 2 unspecified atom stereocenters. The maximum absolute atomic E-state index is 12.4. The summed E-state index contributed by atoms with van der Waals surface area (Å²) < 4.78 is 0. The van der Waals surface area contributed by atoms with Crippen molar-refractivity contribution in [1.29, 1.82) is 0 Å². The number of carbonyl (C=O) groups excluding carboxylic acids is 2. The molecule has 0 rings (SSSR count). The fourth-order valence-corrected chi connectivity index (χ4v) is 1.98. The van der Waals surface area contributed by atoms with Gasteiger partial charge in [0.05, 0.1) is 11.8 Å². The van der Waals surface area contributed by atoms with Crippen molar-refractivity contribution < 1.29 is 29.1 Å². The number of hydrogen-bond donors (Lipinski definition) is 0. The average Bonchev–Trinajstić information content (AvgIpc) is 2.45. The van der Waals surface area contributed by atoms with Crippen LogP contribution in [0, 0.1) is 11.8 Å². The minimum absolute atomic E-state index is 0.450. The maximum atomic E-state index is 12.4. The molecule has 0 aliphatic rings. The van der Waals surface area contributed by atoms with Crippen LogP contribution >= 0.6 is 0 Å². The van der Waals surface area contributed by atoms with Crippen molar-refractivity contribution in [3.8, 4) is 0 Å². The van der Waals surface area contributed by atoms with Crippen molar-refractivity contribution in [2.45, 2.75) is 92.3 Å². The van der Waals surface area contributed by atoms with Crippen LogP contribution in [0.25, 0.3) is 0 Å². The molecule has 0 amide bonds. The van der Waals surface area contributed by atoms with Gasteiger partial charge in [0.25, 0.3) is 0 Å². The first-order chi connectivity index (χ1) is 10.9. The van der Waals surface area contributed by atoms with Crippen LogP contribution in [0.5, 0.6) is 0 Å². The van der Waals surface area contributed by atoms with E-state index in [-0.39, 0.29) is 0 Å². The fraction of sp³-hybridized carbons (Fsp3) is 0.889. The predicted molar refractivity (Wildman–Crippen MR) is 90.7 cm³/mol. The highest BCUT2D eigenvalue weighted by Crippen LogP contribution is 2.26. The normalized spacial score (nSPS) is 14.8. The SMILES string of the molecule is CCCCC(C(=O)OOC(C)(C)C)C(CC)C(=O)OOC(C)(C)C. The van der Waals surface area contributed by atoms with Crippen molar-refractivity contribution in [3.05, 3.63) is 0 Å². The van der Waals surface area contributed by atoms with E-state index in [4.69, 9.17) is 19.6 Å². The molecule has 0 aliphatic heterocycles. The molecule has 0 radical (unpaired) electrons. The zero-order valence-corrected chi connectivity index (χ0v) is 16.4. The molecule has 6 heteroatoms. The number of carbonyl (C=O) groups is 2. The summed E-state index contributed by atoms with van der Waals surface area (Å²) in [6, 6.07) is 0. The van der Waals surface area contributed by atoms with Gasteiger partial charge < -0.3 is 0 Å². The molecular weight excluding hydrogens is 312 g/mol. The van der Waals surface area contributed by atoms with Crippen LogP contribution in [-0.2, 0) is 29.1 Å². The van der Waals surface area contributed by atoms with Gasteiger partial charge in [-0.1, -0.05) is 26.7 Å². The van der Waals surface area contributed by atoms with E-state index in [2.05, 4.69) is 0 Å². The molecule has 2 atom stereocenters. The molecule has 0 N–H and O–H groups in total. The molecule has 6 nitrogen and oxygen atoms in total. The van der Waals surface area contributed by atoms with E-state index >= 15 is 0 Å². The van der Waals surface area contributed by atoms with Crippen LogP contribution in [0.1, 0.15) is 81.1 Å². The Hall–Kier alpha value is -1.14. The lowest BCUT2D eigenvalue weighted by Crippen LogP contribution is -2.35. The molecule has 0 aromatic heterocycles. The van der Waals surface area contributed by atoms with Crippen LogP contribution in [0.3, 0.4) is 0 Å². The van der Waals surface area contributed by atoms with E-state index in [1.165, 1.54) is 0 Å². The van der Waals surface area contributed by atoms with Gasteiger partial charge in [-0.25, -0.2) is 9.59 Å². The largest absolute Gasteiger partial charge is 0.346 e. The molecule has 0 heterocycles. The molecule has 24 heavy (non-hydrogen) atoms. The van der Waals surface area contributed by atoms with E-state index in [9.17, 15) is 9.59 Å². The minimum Gasteiger partial charge on any atom is -0.297 e. The zero-order chi connectivity index (χ0) is 19.0. The Labute approximate surface area is 146 Å². The second-order valence-corrected chi connectivity index (χ2v) is 7.96. The Balaban J connectivity index is 5.00. The van der Waals surface area contributed by atoms with Crippen molar-refractivity contribution >= 4 is 11.9 Å². The first-order valence-electron chi connectivity index (χ1n) is 8.70. The average molecular weight is 346 g/mol. The van der Waals surface area contributed by atoms with Gasteiger partial charge in [0.1, 0.15) is 11.2 Å². The molecule has 0 saturated carbocycles. The van der Waals surface area contributed by atoms with Gasteiger partial charge in [-0.15, -0.1) is 0 Å². The van der Waals surface area contributed by atoms with E-state index < -0.39 is 35.0 Å². The summed E-state index contributed by atoms with van der Waals surface area (Å²) in [4.78, 5) is 44.8. The first-order valence-corrected chi connectivity index (χ1v) is 8.70. The van der Waals surface area contributed by atoms with Gasteiger partial charge in [0.15, 0.2) is 0 Å². The summed E-state index contributed by atoms with van der Waals surface area (Å²) in [5.74, 6) is -2.34. The van der Waals surface area contributed by atoms with Gasteiger partial charge >= 0.3 is 11.9 Å². The van der Waals surface area contributed by atoms with Gasteiger partial charge in [-0.2, -0.15) is 9.78 Å². The summed E-state index contributed by atoms with van der Waals surface area (Å²) in [6.45, 7) is 14.5. The van der Waals surface area contributed by atoms with Gasteiger partial charge in [0.2, 0.25) is 0 Å². The molecule has 0 aliphatic carbocycles. The standard InChI is InChI=1S/C18H34O6/c1-9-11-12-14(16(20)22-24-18(6,7)8)13(10-2)15(19)21-23-17(3,4)5/h13-14H,9-12H2,1-8H3. The molecule has 0 aromatic rings. The molecule has 0 spiro atoms. The van der Waals surface area contributed by atoms with E-state index in [1.54, 1.807) is 41.5 Å². The van der Waals surface area contributed by atoms with Crippen LogP contribution in [0.2, 0.25) is 0 Å². The van der Waals surface area contributed by atoms with Crippen LogP contribution in [0.4, 0.5) is 0 Å². The molecule has 142 valence electrons. The summed E-state index contributed by atoms with van der Waals surface area (Å²) in [5, 5.41) is 0. The summed E-state index contributed by atoms with van der Waals surface area (Å²) in [7, 11) is 0. The highest BCUT2D eigenvalue weighted by Gasteiger charge is 2.37. The Morgan fingerprint density at radius 3 is 1.54 bits per heavy atom. The van der Waals surface area contributed by atoms with Crippen molar-refractivity contribution in [2.24, 2.45) is 11.8 Å². The van der Waals surface area contributed by atoms with E-state index in [1.807, 2.05) is 13.8 Å². The summed E-state index contributed by atoms with van der Waals surface area (Å²) in [5.41, 5.74) is -1.22. The Morgan fingerprint density at radius 1 is 0.792 bits per heavy atom. The Morgan fingerprint density at radius 2 is 1.21 bits per heavy atom. The zero-order valence-electron chi connectivity index (χ0n) is 16.4. The predicted octanol–water partition coefficient (Wildman–Crippen LogP) is 4.37. The lowest BCUT2D eigenvalue weighted by molar-refractivity contribution is -0.330. The van der Waals surface area contributed by atoms with Crippen molar-refractivity contribution in [2.75, 3.05) is 0 Å². The molecule has 0 bridgehead atoms. The summed E-state index contributed by atoms with van der Waals surface area (Å²) in [6.07, 6.45) is 2.70. The minimum atomic E-state index is -0.630. The highest BCUT2D eigenvalue weighted by molar-refractivity contribution is 5.81. The highest BCUT2D eigenvalue weighted by atomic mass is 17.2. The van der Waals surface area contributed by atoms with E-state index in [0.29, 0.717) is 12.8 Å². The number of hydrogen-bond acceptors (Lipinski definition) is 6. The third-order valence-electron chi connectivity index (χ3n) is 3.15. The molecule has 0 saturated heterocycles. The van der Waals surface area contributed by atoms with E-state index in [0.717, 1.165) is 12.8 Å². The van der Waals surface area contributed by atoms with Crippen LogP contribution in [0.15, 0.2) is 0 Å².